The van der Waals surface area contributed by atoms with Crippen molar-refractivity contribution >= 4 is 8.80 Å². The van der Waals surface area contributed by atoms with Crippen molar-refractivity contribution in [3.8, 4) is 0 Å². The first-order chi connectivity index (χ1) is 10.3. The molecule has 124 valence electrons. The van der Waals surface area contributed by atoms with Crippen molar-refractivity contribution in [2.75, 3.05) is 19.8 Å². The third-order valence-electron chi connectivity index (χ3n) is 3.80. The molecule has 1 aliphatic rings. The SMILES string of the molecule is CCCCO[Si](OCCCC)(OCCCC)C1=CCCC1. The highest BCUT2D eigenvalue weighted by molar-refractivity contribution is 6.68. The molecule has 0 aliphatic heterocycles. The minimum absolute atomic E-state index is 0.762. The molecule has 3 nitrogen and oxygen atoms in total. The number of hydrogen-bond acceptors (Lipinski definition) is 3. The molecule has 0 amide bonds. The summed E-state index contributed by atoms with van der Waals surface area (Å²) >= 11 is 0. The van der Waals surface area contributed by atoms with Gasteiger partial charge in [-0.15, -0.1) is 0 Å². The van der Waals surface area contributed by atoms with Gasteiger partial charge in [0.05, 0.1) is 0 Å². The molecule has 0 atom stereocenters. The number of allylic oxidation sites excluding steroid dienone is 2. The molecular formula is C17H34O3Si. The van der Waals surface area contributed by atoms with Gasteiger partial charge in [-0.3, -0.25) is 0 Å². The van der Waals surface area contributed by atoms with Gasteiger partial charge in [0.2, 0.25) is 0 Å². The third-order valence-corrected chi connectivity index (χ3v) is 6.80. The minimum Gasteiger partial charge on any atom is -0.370 e. The predicted octanol–water partition coefficient (Wildman–Crippen LogP) is 5.02. The van der Waals surface area contributed by atoms with E-state index in [2.05, 4.69) is 26.8 Å². The summed E-state index contributed by atoms with van der Waals surface area (Å²) in [4.78, 5) is 0. The summed E-state index contributed by atoms with van der Waals surface area (Å²) in [7, 11) is -2.61. The maximum absolute atomic E-state index is 6.27. The highest BCUT2D eigenvalue weighted by Gasteiger charge is 2.46. The van der Waals surface area contributed by atoms with E-state index in [1.54, 1.807) is 0 Å². The molecule has 0 saturated heterocycles. The van der Waals surface area contributed by atoms with Crippen LogP contribution in [0.5, 0.6) is 0 Å². The van der Waals surface area contributed by atoms with Crippen LogP contribution in [0.25, 0.3) is 0 Å². The molecule has 4 heteroatoms. The largest absolute Gasteiger partial charge is 0.532 e. The van der Waals surface area contributed by atoms with Gasteiger partial charge in [0.25, 0.3) is 0 Å². The van der Waals surface area contributed by atoms with E-state index in [4.69, 9.17) is 13.3 Å². The summed E-state index contributed by atoms with van der Waals surface area (Å²) in [6.45, 7) is 8.86. The summed E-state index contributed by atoms with van der Waals surface area (Å²) in [5, 5.41) is 1.34. The molecule has 0 radical (unpaired) electrons. The van der Waals surface area contributed by atoms with Gasteiger partial charge in [-0.1, -0.05) is 46.1 Å². The standard InChI is InChI=1S/C17H34O3Si/c1-4-7-14-18-21(19-15-8-5-2,20-16-9-6-3)17-12-10-11-13-17/h12H,4-11,13-16H2,1-3H3. The van der Waals surface area contributed by atoms with Crippen LogP contribution in [0.4, 0.5) is 0 Å². The lowest BCUT2D eigenvalue weighted by atomic mass is 10.4. The summed E-state index contributed by atoms with van der Waals surface area (Å²) < 4.78 is 18.8. The first kappa shape index (κ1) is 18.9. The Morgan fingerprint density at radius 1 is 0.857 bits per heavy atom. The first-order valence-corrected chi connectivity index (χ1v) is 10.6. The van der Waals surface area contributed by atoms with Gasteiger partial charge in [-0.25, -0.2) is 0 Å². The molecule has 0 N–H and O–H groups in total. The Kier molecular flexibility index (Phi) is 10.3. The Balaban J connectivity index is 2.72. The minimum atomic E-state index is -2.61. The molecule has 0 fully saturated rings. The van der Waals surface area contributed by atoms with Crippen molar-refractivity contribution in [1.82, 2.24) is 0 Å². The second-order valence-corrected chi connectivity index (χ2v) is 8.40. The molecule has 0 aromatic heterocycles. The normalized spacial score (nSPS) is 15.5. The second-order valence-electron chi connectivity index (χ2n) is 5.78. The molecule has 0 aromatic rings. The molecule has 1 aliphatic carbocycles. The van der Waals surface area contributed by atoms with Crippen molar-refractivity contribution in [3.05, 3.63) is 11.3 Å². The van der Waals surface area contributed by atoms with Crippen LogP contribution in [0.1, 0.15) is 78.6 Å². The fourth-order valence-corrected chi connectivity index (χ4v) is 5.33. The van der Waals surface area contributed by atoms with E-state index in [0.29, 0.717) is 0 Å². The van der Waals surface area contributed by atoms with Crippen LogP contribution in [0.2, 0.25) is 0 Å². The van der Waals surface area contributed by atoms with E-state index in [0.717, 1.165) is 71.2 Å². The zero-order valence-corrected chi connectivity index (χ0v) is 15.3. The van der Waals surface area contributed by atoms with Crippen LogP contribution >= 0.6 is 0 Å². The summed E-state index contributed by atoms with van der Waals surface area (Å²) in [6.07, 6.45) is 12.5. The van der Waals surface area contributed by atoms with Crippen molar-refractivity contribution in [2.45, 2.75) is 78.6 Å². The van der Waals surface area contributed by atoms with Crippen LogP contribution in [-0.4, -0.2) is 28.6 Å². The lowest BCUT2D eigenvalue weighted by molar-refractivity contribution is 0.0646. The van der Waals surface area contributed by atoms with Crippen LogP contribution in [0.3, 0.4) is 0 Å². The summed E-state index contributed by atoms with van der Waals surface area (Å²) in [5.74, 6) is 0. The molecule has 0 saturated carbocycles. The van der Waals surface area contributed by atoms with Gasteiger partial charge >= 0.3 is 8.80 Å². The molecular weight excluding hydrogens is 280 g/mol. The van der Waals surface area contributed by atoms with Gasteiger partial charge < -0.3 is 13.3 Å². The zero-order chi connectivity index (χ0) is 15.4. The van der Waals surface area contributed by atoms with Crippen molar-refractivity contribution in [1.29, 1.82) is 0 Å². The monoisotopic (exact) mass is 314 g/mol. The lowest BCUT2D eigenvalue weighted by Gasteiger charge is -2.31. The molecule has 0 bridgehead atoms. The van der Waals surface area contributed by atoms with E-state index in [1.807, 2.05) is 0 Å². The van der Waals surface area contributed by atoms with Crippen molar-refractivity contribution in [3.63, 3.8) is 0 Å². The van der Waals surface area contributed by atoms with E-state index in [-0.39, 0.29) is 0 Å². The summed E-state index contributed by atoms with van der Waals surface area (Å²) in [6, 6.07) is 0. The van der Waals surface area contributed by atoms with E-state index in [1.165, 1.54) is 11.6 Å². The van der Waals surface area contributed by atoms with Gasteiger partial charge in [0.15, 0.2) is 0 Å². The molecule has 0 aromatic carbocycles. The van der Waals surface area contributed by atoms with Crippen molar-refractivity contribution < 1.29 is 13.3 Å². The van der Waals surface area contributed by atoms with Crippen LogP contribution < -0.4 is 0 Å². The molecule has 21 heavy (non-hydrogen) atoms. The van der Waals surface area contributed by atoms with Crippen LogP contribution in [0, 0.1) is 0 Å². The Labute approximate surface area is 132 Å². The second kappa shape index (κ2) is 11.4. The predicted molar refractivity (Wildman–Crippen MR) is 90.3 cm³/mol. The first-order valence-electron chi connectivity index (χ1n) is 8.90. The van der Waals surface area contributed by atoms with Gasteiger partial charge in [-0.2, -0.15) is 0 Å². The van der Waals surface area contributed by atoms with Crippen LogP contribution in [-0.2, 0) is 13.3 Å². The van der Waals surface area contributed by atoms with Gasteiger partial charge in [0, 0.05) is 19.8 Å². The van der Waals surface area contributed by atoms with Gasteiger partial charge in [-0.05, 0) is 43.7 Å². The van der Waals surface area contributed by atoms with Crippen LogP contribution in [0.15, 0.2) is 11.3 Å². The number of hydrogen-bond donors (Lipinski definition) is 0. The molecule has 1 rings (SSSR count). The average molecular weight is 315 g/mol. The highest BCUT2D eigenvalue weighted by atomic mass is 28.4. The Morgan fingerprint density at radius 3 is 1.67 bits per heavy atom. The number of rotatable bonds is 13. The quantitative estimate of drug-likeness (QED) is 0.353. The third kappa shape index (κ3) is 6.64. The zero-order valence-electron chi connectivity index (χ0n) is 14.3. The van der Waals surface area contributed by atoms with E-state index in [9.17, 15) is 0 Å². The lowest BCUT2D eigenvalue weighted by Crippen LogP contribution is -2.48. The highest BCUT2D eigenvalue weighted by Crippen LogP contribution is 2.30. The fourth-order valence-electron chi connectivity index (χ4n) is 2.40. The molecule has 0 spiro atoms. The van der Waals surface area contributed by atoms with E-state index < -0.39 is 8.80 Å². The summed E-state index contributed by atoms with van der Waals surface area (Å²) in [5.41, 5.74) is 0. The Hall–Kier alpha value is -0.163. The van der Waals surface area contributed by atoms with Gasteiger partial charge in [0.1, 0.15) is 0 Å². The van der Waals surface area contributed by atoms with Crippen molar-refractivity contribution in [2.24, 2.45) is 0 Å². The maximum atomic E-state index is 6.27. The fraction of sp³-hybridized carbons (Fsp3) is 0.882. The maximum Gasteiger partial charge on any atom is 0.532 e. The van der Waals surface area contributed by atoms with E-state index >= 15 is 0 Å². The topological polar surface area (TPSA) is 27.7 Å². The Bertz CT molecular complexity index is 265. The molecule has 0 heterocycles. The Morgan fingerprint density at radius 2 is 1.33 bits per heavy atom. The number of unbranched alkanes of at least 4 members (excludes halogenated alkanes) is 3. The average Bonchev–Trinajstić information content (AvgIpc) is 3.02. The molecule has 0 unspecified atom stereocenters. The smallest absolute Gasteiger partial charge is 0.370 e.